The van der Waals surface area contributed by atoms with Gasteiger partial charge >= 0.3 is 0 Å². The van der Waals surface area contributed by atoms with Crippen molar-refractivity contribution in [2.75, 3.05) is 20.2 Å². The second kappa shape index (κ2) is 5.85. The van der Waals surface area contributed by atoms with E-state index in [0.717, 1.165) is 38.0 Å². The monoisotopic (exact) mass is 286 g/mol. The molecule has 0 aliphatic carbocycles. The molecule has 112 valence electrons. The van der Waals surface area contributed by atoms with Gasteiger partial charge in [-0.3, -0.25) is 0 Å². The minimum Gasteiger partial charge on any atom is -0.481 e. The highest BCUT2D eigenvalue weighted by molar-refractivity contribution is 5.21. The smallest absolute Gasteiger partial charge is 0.212 e. The minimum absolute atomic E-state index is 0.210. The quantitative estimate of drug-likeness (QED) is 0.933. The number of nitrogens with one attached hydrogen (secondary N) is 1. The predicted octanol–water partition coefficient (Wildman–Crippen LogP) is 1.98. The van der Waals surface area contributed by atoms with Crippen molar-refractivity contribution in [3.8, 4) is 5.88 Å². The van der Waals surface area contributed by atoms with Crippen LogP contribution in [0.5, 0.6) is 5.88 Å². The molecule has 2 aromatic rings. The van der Waals surface area contributed by atoms with E-state index in [0.29, 0.717) is 5.88 Å². The Morgan fingerprint density at radius 2 is 2.10 bits per heavy atom. The van der Waals surface area contributed by atoms with E-state index in [1.54, 1.807) is 7.11 Å². The number of hydrogen-bond acceptors (Lipinski definition) is 4. The zero-order chi connectivity index (χ0) is 14.7. The van der Waals surface area contributed by atoms with Crippen LogP contribution in [0.3, 0.4) is 0 Å². The first-order chi connectivity index (χ1) is 10.2. The summed E-state index contributed by atoms with van der Waals surface area (Å²) >= 11 is 0. The number of nitrogens with zero attached hydrogens (tertiary/aromatic N) is 3. The molecule has 0 aromatic carbocycles. The molecule has 0 saturated carbocycles. The molecular formula is C16H22N4O. The molecule has 3 rings (SSSR count). The number of aromatic nitrogens is 3. The Balaban J connectivity index is 1.81. The Bertz CT molecular complexity index is 585. The molecule has 21 heavy (non-hydrogen) atoms. The summed E-state index contributed by atoms with van der Waals surface area (Å²) in [6, 6.07) is 3.96. The van der Waals surface area contributed by atoms with Crippen molar-refractivity contribution in [1.29, 1.82) is 0 Å². The second-order valence-corrected chi connectivity index (χ2v) is 5.93. The van der Waals surface area contributed by atoms with Gasteiger partial charge in [-0.15, -0.1) is 0 Å². The lowest BCUT2D eigenvalue weighted by molar-refractivity contribution is 0.318. The summed E-state index contributed by atoms with van der Waals surface area (Å²) in [5.41, 5.74) is 2.69. The zero-order valence-corrected chi connectivity index (χ0v) is 12.7. The number of imidazole rings is 1. The molecule has 5 nitrogen and oxygen atoms in total. The van der Waals surface area contributed by atoms with E-state index < -0.39 is 0 Å². The van der Waals surface area contributed by atoms with Crippen LogP contribution in [-0.2, 0) is 12.0 Å². The minimum atomic E-state index is 0.210. The Kier molecular flexibility index (Phi) is 3.92. The van der Waals surface area contributed by atoms with Crippen LogP contribution in [0, 0.1) is 0 Å². The predicted molar refractivity (Wildman–Crippen MR) is 81.6 cm³/mol. The van der Waals surface area contributed by atoms with Crippen LogP contribution in [-0.4, -0.2) is 34.7 Å². The Morgan fingerprint density at radius 3 is 2.76 bits per heavy atom. The number of rotatable bonds is 4. The summed E-state index contributed by atoms with van der Waals surface area (Å²) in [6.45, 7) is 5.29. The van der Waals surface area contributed by atoms with Crippen LogP contribution in [0.1, 0.15) is 31.0 Å². The van der Waals surface area contributed by atoms with Gasteiger partial charge in [0.1, 0.15) is 0 Å². The van der Waals surface area contributed by atoms with Crippen LogP contribution >= 0.6 is 0 Å². The molecule has 0 unspecified atom stereocenters. The lowest BCUT2D eigenvalue weighted by atomic mass is 9.78. The summed E-state index contributed by atoms with van der Waals surface area (Å²) in [5.74, 6) is 0.648. The average molecular weight is 286 g/mol. The first-order valence-electron chi connectivity index (χ1n) is 7.41. The third-order valence-electron chi connectivity index (χ3n) is 4.40. The molecular weight excluding hydrogens is 264 g/mol. The maximum Gasteiger partial charge on any atom is 0.212 e. The fraction of sp³-hybridized carbons (Fsp3) is 0.500. The van der Waals surface area contributed by atoms with Crippen molar-refractivity contribution in [2.24, 2.45) is 0 Å². The second-order valence-electron chi connectivity index (χ2n) is 5.93. The van der Waals surface area contributed by atoms with Gasteiger partial charge in [-0.05, 0) is 31.5 Å². The third-order valence-corrected chi connectivity index (χ3v) is 4.40. The topological polar surface area (TPSA) is 52.0 Å². The lowest BCUT2D eigenvalue weighted by Crippen LogP contribution is -2.39. The van der Waals surface area contributed by atoms with Gasteiger partial charge in [-0.1, -0.05) is 13.0 Å². The fourth-order valence-corrected chi connectivity index (χ4v) is 3.01. The molecule has 1 aliphatic rings. The van der Waals surface area contributed by atoms with Crippen LogP contribution in [0.4, 0.5) is 0 Å². The summed E-state index contributed by atoms with van der Waals surface area (Å²) in [5, 5.41) is 3.43. The summed E-state index contributed by atoms with van der Waals surface area (Å²) in [6.07, 6.45) is 8.11. The van der Waals surface area contributed by atoms with Gasteiger partial charge in [0, 0.05) is 29.6 Å². The van der Waals surface area contributed by atoms with Gasteiger partial charge in [0.05, 0.1) is 20.0 Å². The SMILES string of the molecule is COc1ccc(Cn2cncc2C2(C)CCNCC2)cn1. The van der Waals surface area contributed by atoms with Gasteiger partial charge < -0.3 is 14.6 Å². The van der Waals surface area contributed by atoms with Crippen molar-refractivity contribution >= 4 is 0 Å². The normalized spacial score (nSPS) is 17.6. The van der Waals surface area contributed by atoms with E-state index in [2.05, 4.69) is 32.8 Å². The van der Waals surface area contributed by atoms with Crippen molar-refractivity contribution in [2.45, 2.75) is 31.7 Å². The molecule has 3 heterocycles. The number of ether oxygens (including phenoxy) is 1. The number of methoxy groups -OCH3 is 1. The average Bonchev–Trinajstić information content (AvgIpc) is 2.98. The molecule has 5 heteroatoms. The standard InChI is InChI=1S/C16H22N4O/c1-16(5-7-17-8-6-16)14-10-18-12-20(14)11-13-3-4-15(21-2)19-9-13/h3-4,9-10,12,17H,5-8,11H2,1-2H3. The third kappa shape index (κ3) is 2.93. The highest BCUT2D eigenvalue weighted by Crippen LogP contribution is 2.32. The van der Waals surface area contributed by atoms with E-state index in [1.807, 2.05) is 24.8 Å². The molecule has 1 fully saturated rings. The maximum atomic E-state index is 5.10. The molecule has 2 aromatic heterocycles. The van der Waals surface area contributed by atoms with Crippen molar-refractivity contribution in [3.05, 3.63) is 42.1 Å². The summed E-state index contributed by atoms with van der Waals surface area (Å²) in [7, 11) is 1.63. The first kappa shape index (κ1) is 14.1. The Labute approximate surface area is 125 Å². The molecule has 0 bridgehead atoms. The summed E-state index contributed by atoms with van der Waals surface area (Å²) < 4.78 is 7.35. The molecule has 1 aliphatic heterocycles. The fourth-order valence-electron chi connectivity index (χ4n) is 3.01. The molecule has 1 N–H and O–H groups in total. The number of hydrogen-bond donors (Lipinski definition) is 1. The maximum absolute atomic E-state index is 5.10. The van der Waals surface area contributed by atoms with Crippen LogP contribution in [0.25, 0.3) is 0 Å². The largest absolute Gasteiger partial charge is 0.481 e. The molecule has 0 spiro atoms. The van der Waals surface area contributed by atoms with Crippen LogP contribution < -0.4 is 10.1 Å². The molecule has 0 radical (unpaired) electrons. The van der Waals surface area contributed by atoms with Gasteiger partial charge in [0.15, 0.2) is 0 Å². The number of pyridine rings is 1. The van der Waals surface area contributed by atoms with Gasteiger partial charge in [-0.2, -0.15) is 0 Å². The van der Waals surface area contributed by atoms with Crippen LogP contribution in [0.15, 0.2) is 30.9 Å². The van der Waals surface area contributed by atoms with Gasteiger partial charge in [0.2, 0.25) is 5.88 Å². The highest BCUT2D eigenvalue weighted by atomic mass is 16.5. The van der Waals surface area contributed by atoms with Crippen molar-refractivity contribution < 1.29 is 4.74 Å². The summed E-state index contributed by atoms with van der Waals surface area (Å²) in [4.78, 5) is 8.64. The van der Waals surface area contributed by atoms with E-state index in [1.165, 1.54) is 5.69 Å². The molecule has 1 saturated heterocycles. The van der Waals surface area contributed by atoms with Gasteiger partial charge in [-0.25, -0.2) is 9.97 Å². The van der Waals surface area contributed by atoms with E-state index in [9.17, 15) is 0 Å². The van der Waals surface area contributed by atoms with E-state index in [-0.39, 0.29) is 5.41 Å². The van der Waals surface area contributed by atoms with E-state index in [4.69, 9.17) is 4.74 Å². The highest BCUT2D eigenvalue weighted by Gasteiger charge is 2.31. The number of piperidine rings is 1. The molecule has 0 atom stereocenters. The van der Waals surface area contributed by atoms with E-state index >= 15 is 0 Å². The Morgan fingerprint density at radius 1 is 1.29 bits per heavy atom. The van der Waals surface area contributed by atoms with Gasteiger partial charge in [0.25, 0.3) is 0 Å². The first-order valence-corrected chi connectivity index (χ1v) is 7.41. The van der Waals surface area contributed by atoms with Crippen molar-refractivity contribution in [3.63, 3.8) is 0 Å². The lowest BCUT2D eigenvalue weighted by Gasteiger charge is -2.34. The van der Waals surface area contributed by atoms with Crippen LogP contribution in [0.2, 0.25) is 0 Å². The zero-order valence-electron chi connectivity index (χ0n) is 12.7. The molecule has 0 amide bonds. The Hall–Kier alpha value is -1.88. The van der Waals surface area contributed by atoms with Crippen molar-refractivity contribution in [1.82, 2.24) is 19.9 Å².